The molecule has 128 valence electrons. The number of likely N-dealkylation sites (tertiary alicyclic amines) is 1. The molecule has 3 aliphatic rings. The minimum absolute atomic E-state index is 0.585. The molecule has 0 amide bonds. The third kappa shape index (κ3) is 2.50. The second-order valence-electron chi connectivity index (χ2n) is 7.67. The molecule has 24 heavy (non-hydrogen) atoms. The monoisotopic (exact) mass is 326 g/mol. The zero-order valence-corrected chi connectivity index (χ0v) is 14.3. The summed E-state index contributed by atoms with van der Waals surface area (Å²) in [5.74, 6) is 1.15. The van der Waals surface area contributed by atoms with E-state index >= 15 is 0 Å². The quantitative estimate of drug-likeness (QED) is 0.870. The minimum atomic E-state index is 0.585. The van der Waals surface area contributed by atoms with Gasteiger partial charge in [0.15, 0.2) is 0 Å². The Morgan fingerprint density at radius 3 is 2.96 bits per heavy atom. The normalized spacial score (nSPS) is 24.1. The predicted molar refractivity (Wildman–Crippen MR) is 90.9 cm³/mol. The first kappa shape index (κ1) is 14.7. The largest absolute Gasteiger partial charge is 0.361 e. The van der Waals surface area contributed by atoms with Gasteiger partial charge in [0, 0.05) is 43.4 Å². The molecule has 2 aliphatic carbocycles. The fourth-order valence-electron chi connectivity index (χ4n) is 4.77. The first-order valence-electron chi connectivity index (χ1n) is 9.62. The summed E-state index contributed by atoms with van der Waals surface area (Å²) in [6.45, 7) is 3.22. The van der Waals surface area contributed by atoms with Crippen LogP contribution in [0.1, 0.15) is 66.6 Å². The molecule has 0 aromatic carbocycles. The van der Waals surface area contributed by atoms with Crippen molar-refractivity contribution in [3.63, 3.8) is 0 Å². The van der Waals surface area contributed by atoms with E-state index in [4.69, 9.17) is 4.52 Å². The molecular weight excluding hydrogens is 300 g/mol. The van der Waals surface area contributed by atoms with E-state index in [-0.39, 0.29) is 0 Å². The predicted octanol–water partition coefficient (Wildman–Crippen LogP) is 3.08. The number of hydrogen-bond acceptors (Lipinski definition) is 4. The Morgan fingerprint density at radius 1 is 1.08 bits per heavy atom. The van der Waals surface area contributed by atoms with Crippen LogP contribution in [-0.4, -0.2) is 32.7 Å². The van der Waals surface area contributed by atoms with E-state index in [1.807, 2.05) is 0 Å². The van der Waals surface area contributed by atoms with Gasteiger partial charge in [-0.3, -0.25) is 4.90 Å². The summed E-state index contributed by atoms with van der Waals surface area (Å²) in [6, 6.07) is 0.585. The molecule has 1 fully saturated rings. The van der Waals surface area contributed by atoms with Crippen LogP contribution < -0.4 is 0 Å². The van der Waals surface area contributed by atoms with Crippen LogP contribution in [0, 0.1) is 0 Å². The smallest absolute Gasteiger partial charge is 0.140 e. The van der Waals surface area contributed by atoms with Gasteiger partial charge in [0.25, 0.3) is 0 Å². The molecule has 0 radical (unpaired) electrons. The number of rotatable bonds is 3. The summed E-state index contributed by atoms with van der Waals surface area (Å²) >= 11 is 0. The van der Waals surface area contributed by atoms with E-state index < -0.39 is 0 Å². The van der Waals surface area contributed by atoms with Gasteiger partial charge in [0.05, 0.1) is 12.0 Å². The highest BCUT2D eigenvalue weighted by Gasteiger charge is 2.29. The Morgan fingerprint density at radius 2 is 1.96 bits per heavy atom. The lowest BCUT2D eigenvalue weighted by molar-refractivity contribution is 0.298. The first-order valence-corrected chi connectivity index (χ1v) is 9.62. The highest BCUT2D eigenvalue weighted by atomic mass is 16.5. The van der Waals surface area contributed by atoms with Crippen LogP contribution in [0.2, 0.25) is 0 Å². The van der Waals surface area contributed by atoms with Crippen molar-refractivity contribution in [1.29, 1.82) is 0 Å². The Balaban J connectivity index is 1.29. The SMILES string of the molecule is c1nc2c(n1[C@@H]1CCN(Cc3noc4c3CCCC4)C1)CCCC2. The summed E-state index contributed by atoms with van der Waals surface area (Å²) in [5.41, 5.74) is 5.46. The lowest BCUT2D eigenvalue weighted by atomic mass is 9.96. The highest BCUT2D eigenvalue weighted by Crippen LogP contribution is 2.30. The summed E-state index contributed by atoms with van der Waals surface area (Å²) in [4.78, 5) is 7.23. The highest BCUT2D eigenvalue weighted by molar-refractivity contribution is 5.25. The van der Waals surface area contributed by atoms with Crippen molar-refractivity contribution >= 4 is 0 Å². The van der Waals surface area contributed by atoms with Crippen molar-refractivity contribution in [1.82, 2.24) is 19.6 Å². The van der Waals surface area contributed by atoms with Gasteiger partial charge in [-0.05, 0) is 51.4 Å². The van der Waals surface area contributed by atoms with Crippen molar-refractivity contribution in [3.8, 4) is 0 Å². The van der Waals surface area contributed by atoms with E-state index in [0.29, 0.717) is 6.04 Å². The third-order valence-electron chi connectivity index (χ3n) is 6.11. The van der Waals surface area contributed by atoms with E-state index in [2.05, 4.69) is 25.9 Å². The van der Waals surface area contributed by atoms with Crippen molar-refractivity contribution in [2.24, 2.45) is 0 Å². The van der Waals surface area contributed by atoms with Crippen molar-refractivity contribution in [3.05, 3.63) is 34.7 Å². The molecule has 0 spiro atoms. The Labute approximate surface area is 143 Å². The summed E-state index contributed by atoms with van der Waals surface area (Å²) in [7, 11) is 0. The average molecular weight is 326 g/mol. The van der Waals surface area contributed by atoms with E-state index in [0.717, 1.165) is 38.2 Å². The van der Waals surface area contributed by atoms with Gasteiger partial charge < -0.3 is 9.09 Å². The maximum Gasteiger partial charge on any atom is 0.140 e. The molecule has 5 heteroatoms. The lowest BCUT2D eigenvalue weighted by Crippen LogP contribution is -2.23. The average Bonchev–Trinajstić information content (AvgIpc) is 3.34. The van der Waals surface area contributed by atoms with Crippen LogP contribution in [0.3, 0.4) is 0 Å². The Bertz CT molecular complexity index is 732. The standard InChI is InChI=1S/C19H26N4O/c1-4-8-19-15(5-1)17(21-24-19)12-22-10-9-14(11-22)23-13-20-16-6-2-3-7-18(16)23/h13-14H,1-12H2/t14-/m1/s1. The number of aryl methyl sites for hydroxylation is 2. The molecule has 1 saturated heterocycles. The molecule has 5 rings (SSSR count). The number of fused-ring (bicyclic) bond motifs is 2. The van der Waals surface area contributed by atoms with Gasteiger partial charge >= 0.3 is 0 Å². The van der Waals surface area contributed by atoms with E-state index in [9.17, 15) is 0 Å². The minimum Gasteiger partial charge on any atom is -0.361 e. The number of imidazole rings is 1. The Hall–Kier alpha value is -1.62. The van der Waals surface area contributed by atoms with Gasteiger partial charge in [0.1, 0.15) is 11.5 Å². The number of nitrogens with zero attached hydrogens (tertiary/aromatic N) is 4. The van der Waals surface area contributed by atoms with Crippen LogP contribution in [0.5, 0.6) is 0 Å². The van der Waals surface area contributed by atoms with Crippen LogP contribution in [0.4, 0.5) is 0 Å². The summed E-state index contributed by atoms with van der Waals surface area (Å²) in [6.07, 6.45) is 13.1. The lowest BCUT2D eigenvalue weighted by Gasteiger charge is -2.20. The Kier molecular flexibility index (Phi) is 3.69. The maximum absolute atomic E-state index is 5.58. The molecule has 0 N–H and O–H groups in total. The summed E-state index contributed by atoms with van der Waals surface area (Å²) in [5, 5.41) is 4.38. The van der Waals surface area contributed by atoms with Crippen LogP contribution in [0.15, 0.2) is 10.9 Å². The van der Waals surface area contributed by atoms with E-state index in [1.165, 1.54) is 67.6 Å². The van der Waals surface area contributed by atoms with Crippen LogP contribution in [-0.2, 0) is 32.2 Å². The van der Waals surface area contributed by atoms with Gasteiger partial charge in [-0.25, -0.2) is 4.98 Å². The molecule has 0 saturated carbocycles. The fourth-order valence-corrected chi connectivity index (χ4v) is 4.77. The zero-order valence-electron chi connectivity index (χ0n) is 14.3. The topological polar surface area (TPSA) is 47.1 Å². The molecular formula is C19H26N4O. The maximum atomic E-state index is 5.58. The molecule has 1 aliphatic heterocycles. The molecule has 1 atom stereocenters. The third-order valence-corrected chi connectivity index (χ3v) is 6.11. The second-order valence-corrected chi connectivity index (χ2v) is 7.67. The summed E-state index contributed by atoms with van der Waals surface area (Å²) < 4.78 is 8.06. The number of aromatic nitrogens is 3. The molecule has 0 unspecified atom stereocenters. The van der Waals surface area contributed by atoms with E-state index in [1.54, 1.807) is 0 Å². The number of hydrogen-bond donors (Lipinski definition) is 0. The fraction of sp³-hybridized carbons (Fsp3) is 0.684. The van der Waals surface area contributed by atoms with Crippen LogP contribution in [0.25, 0.3) is 0 Å². The van der Waals surface area contributed by atoms with Crippen LogP contribution >= 0.6 is 0 Å². The molecule has 5 nitrogen and oxygen atoms in total. The first-order chi connectivity index (χ1) is 11.9. The molecule has 2 aromatic heterocycles. The molecule has 2 aromatic rings. The second kappa shape index (κ2) is 6.03. The van der Waals surface area contributed by atoms with Gasteiger partial charge in [0.2, 0.25) is 0 Å². The van der Waals surface area contributed by atoms with Crippen molar-refractivity contribution < 1.29 is 4.52 Å². The molecule has 0 bridgehead atoms. The molecule has 3 heterocycles. The van der Waals surface area contributed by atoms with Crippen molar-refractivity contribution in [2.75, 3.05) is 13.1 Å². The zero-order chi connectivity index (χ0) is 15.9. The van der Waals surface area contributed by atoms with Gasteiger partial charge in [-0.15, -0.1) is 0 Å². The van der Waals surface area contributed by atoms with Gasteiger partial charge in [-0.1, -0.05) is 5.16 Å². The van der Waals surface area contributed by atoms with Gasteiger partial charge in [-0.2, -0.15) is 0 Å². The van der Waals surface area contributed by atoms with Crippen molar-refractivity contribution in [2.45, 2.75) is 70.4 Å².